The average molecular weight is 219 g/mol. The van der Waals surface area contributed by atoms with Crippen LogP contribution in [0.2, 0.25) is 0 Å². The van der Waals surface area contributed by atoms with Crippen LogP contribution in [0.1, 0.15) is 19.8 Å². The van der Waals surface area contributed by atoms with Gasteiger partial charge in [-0.3, -0.25) is 0 Å². The molecular formula is C13H21N3. The quantitative estimate of drug-likeness (QED) is 0.814. The van der Waals surface area contributed by atoms with Crippen molar-refractivity contribution in [2.75, 3.05) is 29.9 Å². The van der Waals surface area contributed by atoms with Crippen molar-refractivity contribution in [3.63, 3.8) is 0 Å². The van der Waals surface area contributed by atoms with E-state index in [1.54, 1.807) is 0 Å². The van der Waals surface area contributed by atoms with E-state index in [0.717, 1.165) is 0 Å². The molecule has 3 heteroatoms. The average Bonchev–Trinajstić information content (AvgIpc) is 2.83. The van der Waals surface area contributed by atoms with E-state index < -0.39 is 0 Å². The molecule has 0 spiro atoms. The van der Waals surface area contributed by atoms with E-state index in [1.165, 1.54) is 37.3 Å². The van der Waals surface area contributed by atoms with Crippen molar-refractivity contribution in [3.8, 4) is 0 Å². The molecule has 1 aromatic rings. The molecule has 1 aliphatic rings. The van der Waals surface area contributed by atoms with Gasteiger partial charge in [-0.15, -0.1) is 0 Å². The lowest BCUT2D eigenvalue weighted by Gasteiger charge is -2.20. The number of hydrogen-bond donors (Lipinski definition) is 2. The first-order chi connectivity index (χ1) is 7.79. The van der Waals surface area contributed by atoms with Crippen LogP contribution >= 0.6 is 0 Å². The summed E-state index contributed by atoms with van der Waals surface area (Å²) < 4.78 is 0. The van der Waals surface area contributed by atoms with Gasteiger partial charge in [0.05, 0.1) is 0 Å². The van der Waals surface area contributed by atoms with Gasteiger partial charge in [-0.25, -0.2) is 0 Å². The molecular weight excluding hydrogens is 198 g/mol. The summed E-state index contributed by atoms with van der Waals surface area (Å²) in [5, 5.41) is 3.40. The fourth-order valence-electron chi connectivity index (χ4n) is 2.11. The second-order valence-electron chi connectivity index (χ2n) is 4.53. The molecule has 1 saturated heterocycles. The van der Waals surface area contributed by atoms with Crippen LogP contribution in [-0.4, -0.2) is 25.7 Å². The molecule has 0 saturated carbocycles. The fourth-order valence-corrected chi connectivity index (χ4v) is 2.11. The molecule has 0 bridgehead atoms. The molecule has 1 fully saturated rings. The predicted octanol–water partition coefficient (Wildman–Crippen LogP) is 2.05. The number of rotatable bonds is 4. The molecule has 1 aromatic carbocycles. The second kappa shape index (κ2) is 5.21. The normalized spacial score (nSPS) is 17.5. The number of hydrogen-bond acceptors (Lipinski definition) is 3. The Labute approximate surface area is 97.6 Å². The van der Waals surface area contributed by atoms with Crippen LogP contribution in [0.3, 0.4) is 0 Å². The molecule has 88 valence electrons. The Balaban J connectivity index is 2.06. The maximum absolute atomic E-state index is 5.61. The van der Waals surface area contributed by atoms with Gasteiger partial charge in [-0.2, -0.15) is 0 Å². The number of nitrogens with two attached hydrogens (primary N) is 1. The van der Waals surface area contributed by atoms with Gasteiger partial charge in [0.1, 0.15) is 0 Å². The highest BCUT2D eigenvalue weighted by atomic mass is 15.1. The minimum atomic E-state index is 0.328. The maximum atomic E-state index is 5.61. The van der Waals surface area contributed by atoms with Gasteiger partial charge < -0.3 is 16.0 Å². The summed E-state index contributed by atoms with van der Waals surface area (Å²) in [6.45, 7) is 5.14. The Morgan fingerprint density at radius 1 is 1.38 bits per heavy atom. The molecule has 1 unspecified atom stereocenters. The molecule has 3 N–H and O–H groups in total. The van der Waals surface area contributed by atoms with E-state index >= 15 is 0 Å². The third-order valence-corrected chi connectivity index (χ3v) is 3.08. The van der Waals surface area contributed by atoms with Crippen molar-refractivity contribution in [1.29, 1.82) is 0 Å². The number of anilines is 2. The van der Waals surface area contributed by atoms with Crippen molar-refractivity contribution >= 4 is 11.4 Å². The first-order valence-corrected chi connectivity index (χ1v) is 6.11. The summed E-state index contributed by atoms with van der Waals surface area (Å²) in [5.74, 6) is 0. The van der Waals surface area contributed by atoms with E-state index in [0.29, 0.717) is 12.6 Å². The Hall–Kier alpha value is -1.22. The van der Waals surface area contributed by atoms with Gasteiger partial charge in [0.15, 0.2) is 0 Å². The molecule has 1 atom stereocenters. The zero-order chi connectivity index (χ0) is 11.4. The monoisotopic (exact) mass is 219 g/mol. The fraction of sp³-hybridized carbons (Fsp3) is 0.538. The molecule has 0 radical (unpaired) electrons. The number of nitrogens with zero attached hydrogens (tertiary/aromatic N) is 1. The van der Waals surface area contributed by atoms with Crippen molar-refractivity contribution < 1.29 is 0 Å². The van der Waals surface area contributed by atoms with Crippen LogP contribution in [0, 0.1) is 0 Å². The predicted molar refractivity (Wildman–Crippen MR) is 70.0 cm³/mol. The minimum Gasteiger partial charge on any atom is -0.381 e. The standard InChI is InChI=1S/C13H21N3/c1-11(10-14)15-12-5-4-6-13(9-12)16-7-2-3-8-16/h4-6,9,11,15H,2-3,7-8,10,14H2,1H3. The molecule has 2 rings (SSSR count). The highest BCUT2D eigenvalue weighted by Gasteiger charge is 2.12. The summed E-state index contributed by atoms with van der Waals surface area (Å²) in [6, 6.07) is 8.94. The summed E-state index contributed by atoms with van der Waals surface area (Å²) in [6.07, 6.45) is 2.63. The van der Waals surface area contributed by atoms with Crippen LogP contribution < -0.4 is 16.0 Å². The van der Waals surface area contributed by atoms with Gasteiger partial charge in [0.25, 0.3) is 0 Å². The highest BCUT2D eigenvalue weighted by Crippen LogP contribution is 2.23. The van der Waals surface area contributed by atoms with Crippen molar-refractivity contribution in [1.82, 2.24) is 0 Å². The Bertz CT molecular complexity index is 332. The topological polar surface area (TPSA) is 41.3 Å². The van der Waals surface area contributed by atoms with Crippen molar-refractivity contribution in [2.45, 2.75) is 25.8 Å². The van der Waals surface area contributed by atoms with Crippen LogP contribution in [0.25, 0.3) is 0 Å². The SMILES string of the molecule is CC(CN)Nc1cccc(N2CCCC2)c1. The number of benzene rings is 1. The van der Waals surface area contributed by atoms with E-state index in [9.17, 15) is 0 Å². The Morgan fingerprint density at radius 3 is 2.81 bits per heavy atom. The molecule has 1 aliphatic heterocycles. The van der Waals surface area contributed by atoms with Gasteiger partial charge in [0.2, 0.25) is 0 Å². The zero-order valence-corrected chi connectivity index (χ0v) is 9.95. The molecule has 16 heavy (non-hydrogen) atoms. The summed E-state index contributed by atoms with van der Waals surface area (Å²) in [7, 11) is 0. The third kappa shape index (κ3) is 2.67. The Morgan fingerprint density at radius 2 is 2.12 bits per heavy atom. The third-order valence-electron chi connectivity index (χ3n) is 3.08. The smallest absolute Gasteiger partial charge is 0.0386 e. The maximum Gasteiger partial charge on any atom is 0.0386 e. The van der Waals surface area contributed by atoms with Crippen LogP contribution in [-0.2, 0) is 0 Å². The summed E-state index contributed by atoms with van der Waals surface area (Å²) in [5.41, 5.74) is 8.10. The zero-order valence-electron chi connectivity index (χ0n) is 9.95. The Kier molecular flexibility index (Phi) is 3.67. The van der Waals surface area contributed by atoms with E-state index in [1.807, 2.05) is 0 Å². The van der Waals surface area contributed by atoms with E-state index in [-0.39, 0.29) is 0 Å². The van der Waals surface area contributed by atoms with Crippen molar-refractivity contribution in [2.24, 2.45) is 5.73 Å². The molecule has 0 amide bonds. The second-order valence-corrected chi connectivity index (χ2v) is 4.53. The first-order valence-electron chi connectivity index (χ1n) is 6.11. The molecule has 1 heterocycles. The van der Waals surface area contributed by atoms with Crippen molar-refractivity contribution in [3.05, 3.63) is 24.3 Å². The van der Waals surface area contributed by atoms with Crippen LogP contribution in [0.4, 0.5) is 11.4 Å². The largest absolute Gasteiger partial charge is 0.381 e. The summed E-state index contributed by atoms with van der Waals surface area (Å²) in [4.78, 5) is 2.44. The van der Waals surface area contributed by atoms with Crippen LogP contribution in [0.5, 0.6) is 0 Å². The van der Waals surface area contributed by atoms with Gasteiger partial charge in [0, 0.05) is 37.1 Å². The minimum absolute atomic E-state index is 0.328. The van der Waals surface area contributed by atoms with Gasteiger partial charge in [-0.05, 0) is 38.0 Å². The molecule has 0 aromatic heterocycles. The van der Waals surface area contributed by atoms with E-state index in [4.69, 9.17) is 5.73 Å². The molecule has 0 aliphatic carbocycles. The highest BCUT2D eigenvalue weighted by molar-refractivity contribution is 5.58. The lowest BCUT2D eigenvalue weighted by Crippen LogP contribution is -2.25. The number of nitrogens with one attached hydrogen (secondary N) is 1. The summed E-state index contributed by atoms with van der Waals surface area (Å²) >= 11 is 0. The van der Waals surface area contributed by atoms with Gasteiger partial charge in [-0.1, -0.05) is 6.07 Å². The first kappa shape index (κ1) is 11.3. The van der Waals surface area contributed by atoms with Gasteiger partial charge >= 0.3 is 0 Å². The molecule has 3 nitrogen and oxygen atoms in total. The van der Waals surface area contributed by atoms with Crippen LogP contribution in [0.15, 0.2) is 24.3 Å². The lowest BCUT2D eigenvalue weighted by molar-refractivity contribution is 0.804. The lowest BCUT2D eigenvalue weighted by atomic mass is 10.2. The van der Waals surface area contributed by atoms with E-state index in [2.05, 4.69) is 41.4 Å².